The molecule has 1 aliphatic heterocycles. The minimum absolute atomic E-state index is 0.268. The summed E-state index contributed by atoms with van der Waals surface area (Å²) in [5.74, 6) is -0.0147. The van der Waals surface area contributed by atoms with Gasteiger partial charge in [0.15, 0.2) is 0 Å². The molecule has 0 aliphatic carbocycles. The number of aromatic amines is 1. The van der Waals surface area contributed by atoms with Crippen LogP contribution in [-0.4, -0.2) is 39.4 Å². The van der Waals surface area contributed by atoms with E-state index in [0.29, 0.717) is 35.9 Å². The van der Waals surface area contributed by atoms with Gasteiger partial charge in [-0.3, -0.25) is 9.59 Å². The maximum Gasteiger partial charge on any atom is 0.254 e. The first kappa shape index (κ1) is 18.8. The van der Waals surface area contributed by atoms with Crippen LogP contribution in [0.3, 0.4) is 0 Å². The highest BCUT2D eigenvalue weighted by Crippen LogP contribution is 2.32. The molecular formula is C21H19FN4O3. The average Bonchev–Trinajstić information content (AvgIpc) is 3.22. The Bertz CT molecular complexity index is 1110. The van der Waals surface area contributed by atoms with Gasteiger partial charge in [0.1, 0.15) is 11.6 Å². The van der Waals surface area contributed by atoms with E-state index >= 15 is 0 Å². The van der Waals surface area contributed by atoms with Gasteiger partial charge >= 0.3 is 0 Å². The summed E-state index contributed by atoms with van der Waals surface area (Å²) in [6.07, 6.45) is 3.00. The minimum atomic E-state index is -0.469. The molecule has 4 rings (SSSR count). The van der Waals surface area contributed by atoms with Gasteiger partial charge in [-0.05, 0) is 43.2 Å². The minimum Gasteiger partial charge on any atom is -0.481 e. The van der Waals surface area contributed by atoms with Crippen molar-refractivity contribution in [2.75, 3.05) is 13.7 Å². The van der Waals surface area contributed by atoms with Crippen LogP contribution in [0.1, 0.15) is 35.1 Å². The molecule has 2 aromatic heterocycles. The molecule has 0 radical (unpaired) electrons. The Kier molecular flexibility index (Phi) is 5.07. The van der Waals surface area contributed by atoms with E-state index in [4.69, 9.17) is 4.74 Å². The summed E-state index contributed by atoms with van der Waals surface area (Å²) in [5.41, 5.74) is 0.937. The van der Waals surface area contributed by atoms with Gasteiger partial charge in [-0.2, -0.15) is 0 Å². The molecular weight excluding hydrogens is 375 g/mol. The van der Waals surface area contributed by atoms with Gasteiger partial charge < -0.3 is 14.6 Å². The van der Waals surface area contributed by atoms with Crippen LogP contribution in [0.4, 0.5) is 4.39 Å². The van der Waals surface area contributed by atoms with Crippen molar-refractivity contribution >= 4 is 5.91 Å². The summed E-state index contributed by atoms with van der Waals surface area (Å²) in [6, 6.07) is 10.1. The Morgan fingerprint density at radius 1 is 1.28 bits per heavy atom. The zero-order valence-corrected chi connectivity index (χ0v) is 15.8. The summed E-state index contributed by atoms with van der Waals surface area (Å²) in [5, 5.41) is 0. The van der Waals surface area contributed by atoms with Gasteiger partial charge in [-0.25, -0.2) is 14.4 Å². The van der Waals surface area contributed by atoms with Crippen LogP contribution in [0.2, 0.25) is 0 Å². The van der Waals surface area contributed by atoms with Crippen LogP contribution in [0, 0.1) is 5.82 Å². The van der Waals surface area contributed by atoms with Gasteiger partial charge in [0.25, 0.3) is 11.5 Å². The highest BCUT2D eigenvalue weighted by atomic mass is 19.1. The number of nitrogens with one attached hydrogen (secondary N) is 1. The lowest BCUT2D eigenvalue weighted by molar-refractivity contribution is 0.0729. The lowest BCUT2D eigenvalue weighted by Gasteiger charge is -2.24. The number of rotatable bonds is 4. The molecule has 1 N–H and O–H groups in total. The van der Waals surface area contributed by atoms with Crippen LogP contribution in [0.5, 0.6) is 5.88 Å². The Balaban J connectivity index is 1.71. The number of amides is 1. The molecule has 1 aliphatic rings. The van der Waals surface area contributed by atoms with E-state index in [0.717, 1.165) is 6.42 Å². The van der Waals surface area contributed by atoms with Crippen molar-refractivity contribution in [3.8, 4) is 17.1 Å². The third-order valence-electron chi connectivity index (χ3n) is 4.90. The maximum atomic E-state index is 13.6. The van der Waals surface area contributed by atoms with Gasteiger partial charge in [0, 0.05) is 24.4 Å². The van der Waals surface area contributed by atoms with E-state index in [-0.39, 0.29) is 17.0 Å². The number of carbonyl (C=O) groups is 1. The Morgan fingerprint density at radius 3 is 2.93 bits per heavy atom. The number of benzene rings is 1. The van der Waals surface area contributed by atoms with Crippen molar-refractivity contribution in [1.82, 2.24) is 19.9 Å². The van der Waals surface area contributed by atoms with Crippen LogP contribution in [0.15, 0.2) is 53.5 Å². The van der Waals surface area contributed by atoms with Gasteiger partial charge in [-0.15, -0.1) is 0 Å². The zero-order chi connectivity index (χ0) is 20.4. The molecule has 148 valence electrons. The number of methoxy groups -OCH3 is 1. The van der Waals surface area contributed by atoms with E-state index in [9.17, 15) is 14.0 Å². The molecule has 29 heavy (non-hydrogen) atoms. The first-order valence-electron chi connectivity index (χ1n) is 9.24. The number of aromatic nitrogens is 3. The molecule has 1 unspecified atom stereocenters. The van der Waals surface area contributed by atoms with Gasteiger partial charge in [0.2, 0.25) is 5.88 Å². The summed E-state index contributed by atoms with van der Waals surface area (Å²) >= 11 is 0. The number of H-pyrrole nitrogens is 1. The first-order valence-corrected chi connectivity index (χ1v) is 9.24. The number of nitrogens with zero attached hydrogens (tertiary/aromatic N) is 3. The number of likely N-dealkylation sites (tertiary alicyclic amines) is 1. The highest BCUT2D eigenvalue weighted by molar-refractivity contribution is 5.94. The average molecular weight is 394 g/mol. The summed E-state index contributed by atoms with van der Waals surface area (Å²) in [6.45, 7) is 0.504. The molecule has 1 fully saturated rings. The van der Waals surface area contributed by atoms with Crippen molar-refractivity contribution in [3.63, 3.8) is 0 Å². The third kappa shape index (κ3) is 3.73. The number of hydrogen-bond acceptors (Lipinski definition) is 5. The highest BCUT2D eigenvalue weighted by Gasteiger charge is 2.32. The fraction of sp³-hybridized carbons (Fsp3) is 0.238. The van der Waals surface area contributed by atoms with Crippen LogP contribution >= 0.6 is 0 Å². The standard InChI is InChI=1S/C21H19FN4O3/c1-29-20-15(7-3-9-23-20)16-12-18(27)25-19(24-16)17-8-4-10-26(17)21(28)13-5-2-6-14(22)11-13/h2-3,5-7,9,11-12,17H,4,8,10H2,1H3,(H,24,25,27). The third-order valence-corrected chi connectivity index (χ3v) is 4.90. The predicted molar refractivity (Wildman–Crippen MR) is 104 cm³/mol. The molecule has 1 amide bonds. The lowest BCUT2D eigenvalue weighted by atomic mass is 10.1. The molecule has 1 saturated heterocycles. The second-order valence-corrected chi connectivity index (χ2v) is 6.74. The van der Waals surface area contributed by atoms with Crippen molar-refractivity contribution in [2.45, 2.75) is 18.9 Å². The predicted octanol–water partition coefficient (Wildman–Crippen LogP) is 2.96. The first-order chi connectivity index (χ1) is 14.1. The molecule has 0 spiro atoms. The maximum absolute atomic E-state index is 13.6. The molecule has 7 nitrogen and oxygen atoms in total. The number of carbonyl (C=O) groups excluding carboxylic acids is 1. The second kappa shape index (κ2) is 7.83. The number of ether oxygens (including phenoxy) is 1. The normalized spacial score (nSPS) is 16.1. The SMILES string of the molecule is COc1ncccc1-c1cc(=O)[nH]c(C2CCCN2C(=O)c2cccc(F)c2)n1. The Morgan fingerprint density at radius 2 is 2.14 bits per heavy atom. The van der Waals surface area contributed by atoms with E-state index in [2.05, 4.69) is 15.0 Å². The summed E-state index contributed by atoms with van der Waals surface area (Å²) in [4.78, 5) is 38.4. The largest absolute Gasteiger partial charge is 0.481 e. The molecule has 1 aromatic carbocycles. The summed E-state index contributed by atoms with van der Waals surface area (Å²) < 4.78 is 18.8. The molecule has 3 aromatic rings. The molecule has 0 saturated carbocycles. The van der Waals surface area contributed by atoms with Gasteiger partial charge in [0.05, 0.1) is 24.4 Å². The molecule has 3 heterocycles. The van der Waals surface area contributed by atoms with E-state index in [1.54, 1.807) is 29.3 Å². The van der Waals surface area contributed by atoms with Crippen LogP contribution < -0.4 is 10.3 Å². The fourth-order valence-corrected chi connectivity index (χ4v) is 3.60. The van der Waals surface area contributed by atoms with E-state index < -0.39 is 11.9 Å². The number of pyridine rings is 1. The quantitative estimate of drug-likeness (QED) is 0.735. The van der Waals surface area contributed by atoms with Crippen molar-refractivity contribution < 1.29 is 13.9 Å². The monoisotopic (exact) mass is 394 g/mol. The van der Waals surface area contributed by atoms with Gasteiger partial charge in [-0.1, -0.05) is 6.07 Å². The molecule has 0 bridgehead atoms. The van der Waals surface area contributed by atoms with Crippen molar-refractivity contribution in [2.24, 2.45) is 0 Å². The lowest BCUT2D eigenvalue weighted by Crippen LogP contribution is -2.32. The smallest absolute Gasteiger partial charge is 0.254 e. The van der Waals surface area contributed by atoms with Crippen LogP contribution in [-0.2, 0) is 0 Å². The molecule has 8 heteroatoms. The van der Waals surface area contributed by atoms with E-state index in [1.807, 2.05) is 0 Å². The topological polar surface area (TPSA) is 88.2 Å². The summed E-state index contributed by atoms with van der Waals surface area (Å²) in [7, 11) is 1.50. The number of halogens is 1. The van der Waals surface area contributed by atoms with Crippen LogP contribution in [0.25, 0.3) is 11.3 Å². The molecule has 1 atom stereocenters. The Labute approximate surface area is 166 Å². The second-order valence-electron chi connectivity index (χ2n) is 6.74. The van der Waals surface area contributed by atoms with Crippen molar-refractivity contribution in [3.05, 3.63) is 76.2 Å². The number of hydrogen-bond donors (Lipinski definition) is 1. The Hall–Kier alpha value is -3.55. The van der Waals surface area contributed by atoms with Crippen molar-refractivity contribution in [1.29, 1.82) is 0 Å². The van der Waals surface area contributed by atoms with E-state index in [1.165, 1.54) is 31.4 Å². The fourth-order valence-electron chi connectivity index (χ4n) is 3.60. The zero-order valence-electron chi connectivity index (χ0n) is 15.8.